The van der Waals surface area contributed by atoms with E-state index in [1.54, 1.807) is 0 Å². The van der Waals surface area contributed by atoms with E-state index >= 15 is 0 Å². The number of aliphatic imine (C=N–C) groups is 1. The fourth-order valence-electron chi connectivity index (χ4n) is 4.00. The maximum Gasteiger partial charge on any atom is 0.191 e. The summed E-state index contributed by atoms with van der Waals surface area (Å²) in [6.45, 7) is 4.54. The Morgan fingerprint density at radius 3 is 2.59 bits per heavy atom. The molecule has 1 saturated carbocycles. The number of aromatic nitrogens is 2. The van der Waals surface area contributed by atoms with Crippen molar-refractivity contribution in [3.63, 3.8) is 0 Å². The minimum atomic E-state index is 0. The first kappa shape index (κ1) is 23.7. The molecule has 1 aliphatic carbocycles. The van der Waals surface area contributed by atoms with E-state index < -0.39 is 0 Å². The fraction of sp³-hybridized carbons (Fsp3) is 0.545. The van der Waals surface area contributed by atoms with Crippen LogP contribution in [-0.2, 0) is 6.54 Å². The third kappa shape index (κ3) is 6.99. The van der Waals surface area contributed by atoms with Crippen LogP contribution in [0.5, 0.6) is 0 Å². The van der Waals surface area contributed by atoms with Gasteiger partial charge in [-0.15, -0.1) is 24.0 Å². The highest BCUT2D eigenvalue weighted by Gasteiger charge is 2.31. The first-order valence-electron chi connectivity index (χ1n) is 10.5. The molecule has 0 atom stereocenters. The molecule has 6 nitrogen and oxygen atoms in total. The number of hydrogen-bond acceptors (Lipinski definition) is 3. The van der Waals surface area contributed by atoms with Crippen LogP contribution in [-0.4, -0.2) is 40.5 Å². The zero-order valence-electron chi connectivity index (χ0n) is 17.3. The van der Waals surface area contributed by atoms with Crippen molar-refractivity contribution in [3.8, 4) is 5.69 Å². The average Bonchev–Trinajstić information content (AvgIpc) is 3.21. The number of aliphatic hydroxyl groups is 1. The zero-order chi connectivity index (χ0) is 19.7. The van der Waals surface area contributed by atoms with Gasteiger partial charge in [0.05, 0.1) is 17.9 Å². The summed E-state index contributed by atoms with van der Waals surface area (Å²) in [6.07, 6.45) is 9.02. The summed E-state index contributed by atoms with van der Waals surface area (Å²) in [6, 6.07) is 12.1. The van der Waals surface area contributed by atoms with Crippen LogP contribution < -0.4 is 10.6 Å². The Hall–Kier alpha value is -1.61. The SMILES string of the molecule is CCNC(=NCc1ccn(-c2ccccc2)n1)NCC1(CCO)CCCCC1.I. The lowest BCUT2D eigenvalue weighted by Crippen LogP contribution is -2.45. The van der Waals surface area contributed by atoms with Crippen LogP contribution in [0.25, 0.3) is 5.69 Å². The Morgan fingerprint density at radius 2 is 1.90 bits per heavy atom. The average molecular weight is 511 g/mol. The van der Waals surface area contributed by atoms with Crippen molar-refractivity contribution in [2.75, 3.05) is 19.7 Å². The van der Waals surface area contributed by atoms with E-state index in [0.29, 0.717) is 6.54 Å². The molecule has 7 heteroatoms. The molecule has 0 spiro atoms. The molecule has 1 aliphatic rings. The maximum absolute atomic E-state index is 9.52. The molecule has 3 N–H and O–H groups in total. The molecular weight excluding hydrogens is 477 g/mol. The molecule has 160 valence electrons. The normalized spacial score (nSPS) is 16.1. The van der Waals surface area contributed by atoms with Crippen LogP contribution in [0.2, 0.25) is 0 Å². The number of aliphatic hydroxyl groups excluding tert-OH is 1. The van der Waals surface area contributed by atoms with E-state index in [9.17, 15) is 5.11 Å². The number of hydrogen-bond donors (Lipinski definition) is 3. The van der Waals surface area contributed by atoms with Crippen molar-refractivity contribution in [3.05, 3.63) is 48.3 Å². The number of halogens is 1. The van der Waals surface area contributed by atoms with Gasteiger partial charge in [0, 0.05) is 25.9 Å². The number of nitrogens with one attached hydrogen (secondary N) is 2. The smallest absolute Gasteiger partial charge is 0.191 e. The Morgan fingerprint density at radius 1 is 1.14 bits per heavy atom. The van der Waals surface area contributed by atoms with Crippen molar-refractivity contribution in [1.82, 2.24) is 20.4 Å². The van der Waals surface area contributed by atoms with Gasteiger partial charge in [-0.25, -0.2) is 9.67 Å². The minimum absolute atomic E-state index is 0. The van der Waals surface area contributed by atoms with Gasteiger partial charge in [-0.05, 0) is 49.8 Å². The van der Waals surface area contributed by atoms with Gasteiger partial charge in [-0.2, -0.15) is 5.10 Å². The summed E-state index contributed by atoms with van der Waals surface area (Å²) in [5, 5.41) is 21.0. The van der Waals surface area contributed by atoms with E-state index in [2.05, 4.69) is 22.7 Å². The first-order valence-corrected chi connectivity index (χ1v) is 10.5. The second-order valence-corrected chi connectivity index (χ2v) is 7.67. The summed E-state index contributed by atoms with van der Waals surface area (Å²) in [4.78, 5) is 4.72. The standard InChI is InChI=1S/C22H33N5O.HI/c1-2-23-21(25-18-22(14-16-28)12-7-4-8-13-22)24-17-19-11-15-27(26-19)20-9-5-3-6-10-20;/h3,5-6,9-11,15,28H,2,4,7-8,12-14,16-18H2,1H3,(H2,23,24,25);1H. The maximum atomic E-state index is 9.52. The summed E-state index contributed by atoms with van der Waals surface area (Å²) >= 11 is 0. The summed E-state index contributed by atoms with van der Waals surface area (Å²) < 4.78 is 1.88. The van der Waals surface area contributed by atoms with E-state index in [1.165, 1.54) is 32.1 Å². The molecule has 1 fully saturated rings. The summed E-state index contributed by atoms with van der Waals surface area (Å²) in [5.74, 6) is 0.819. The van der Waals surface area contributed by atoms with Gasteiger partial charge < -0.3 is 15.7 Å². The Bertz CT molecular complexity index is 735. The molecule has 3 rings (SSSR count). The summed E-state index contributed by atoms with van der Waals surface area (Å²) in [5.41, 5.74) is 2.17. The molecule has 0 aliphatic heterocycles. The minimum Gasteiger partial charge on any atom is -0.396 e. The lowest BCUT2D eigenvalue weighted by Gasteiger charge is -2.37. The highest BCUT2D eigenvalue weighted by Crippen LogP contribution is 2.38. The summed E-state index contributed by atoms with van der Waals surface area (Å²) in [7, 11) is 0. The third-order valence-corrected chi connectivity index (χ3v) is 5.60. The molecule has 2 aromatic rings. The van der Waals surface area contributed by atoms with Crippen molar-refractivity contribution in [2.45, 2.75) is 52.0 Å². The van der Waals surface area contributed by atoms with Gasteiger partial charge in [-0.3, -0.25) is 0 Å². The lowest BCUT2D eigenvalue weighted by atomic mass is 9.72. The molecule has 0 saturated heterocycles. The highest BCUT2D eigenvalue weighted by molar-refractivity contribution is 14.0. The number of para-hydroxylation sites is 1. The molecule has 0 radical (unpaired) electrons. The largest absolute Gasteiger partial charge is 0.396 e. The van der Waals surface area contributed by atoms with Gasteiger partial charge in [0.2, 0.25) is 0 Å². The van der Waals surface area contributed by atoms with Gasteiger partial charge >= 0.3 is 0 Å². The Balaban J connectivity index is 0.00000300. The highest BCUT2D eigenvalue weighted by atomic mass is 127. The van der Waals surface area contributed by atoms with Gasteiger partial charge in [0.25, 0.3) is 0 Å². The predicted octanol–water partition coefficient (Wildman–Crippen LogP) is 3.88. The zero-order valence-corrected chi connectivity index (χ0v) is 19.6. The second-order valence-electron chi connectivity index (χ2n) is 7.67. The Labute approximate surface area is 191 Å². The van der Waals surface area contributed by atoms with E-state index in [1.807, 2.05) is 47.3 Å². The second kappa shape index (κ2) is 12.2. The van der Waals surface area contributed by atoms with Crippen molar-refractivity contribution in [1.29, 1.82) is 0 Å². The molecule has 0 amide bonds. The van der Waals surface area contributed by atoms with Gasteiger partial charge in [-0.1, -0.05) is 37.5 Å². The van der Waals surface area contributed by atoms with Crippen LogP contribution in [0.4, 0.5) is 0 Å². The van der Waals surface area contributed by atoms with E-state index in [-0.39, 0.29) is 36.0 Å². The molecule has 1 aromatic heterocycles. The van der Waals surface area contributed by atoms with Crippen LogP contribution in [0.3, 0.4) is 0 Å². The van der Waals surface area contributed by atoms with Gasteiger partial charge in [0.15, 0.2) is 5.96 Å². The lowest BCUT2D eigenvalue weighted by molar-refractivity contribution is 0.131. The fourth-order valence-corrected chi connectivity index (χ4v) is 4.00. The first-order chi connectivity index (χ1) is 13.7. The quantitative estimate of drug-likeness (QED) is 0.286. The predicted molar refractivity (Wildman–Crippen MR) is 129 cm³/mol. The van der Waals surface area contributed by atoms with Crippen molar-refractivity contribution < 1.29 is 5.11 Å². The van der Waals surface area contributed by atoms with Crippen LogP contribution >= 0.6 is 24.0 Å². The molecule has 0 bridgehead atoms. The van der Waals surface area contributed by atoms with Crippen LogP contribution in [0, 0.1) is 5.41 Å². The molecule has 0 unspecified atom stereocenters. The van der Waals surface area contributed by atoms with E-state index in [0.717, 1.165) is 36.9 Å². The number of benzene rings is 1. The van der Waals surface area contributed by atoms with Crippen LogP contribution in [0.1, 0.15) is 51.1 Å². The molecule has 29 heavy (non-hydrogen) atoms. The third-order valence-electron chi connectivity index (χ3n) is 5.60. The molecule has 1 heterocycles. The van der Waals surface area contributed by atoms with Gasteiger partial charge in [0.1, 0.15) is 0 Å². The monoisotopic (exact) mass is 511 g/mol. The van der Waals surface area contributed by atoms with Crippen molar-refractivity contribution in [2.24, 2.45) is 10.4 Å². The molecular formula is C22H34IN5O. The number of rotatable bonds is 8. The Kier molecular flexibility index (Phi) is 9.93. The number of guanidine groups is 1. The van der Waals surface area contributed by atoms with Crippen molar-refractivity contribution >= 4 is 29.9 Å². The van der Waals surface area contributed by atoms with E-state index in [4.69, 9.17) is 4.99 Å². The van der Waals surface area contributed by atoms with Crippen LogP contribution in [0.15, 0.2) is 47.6 Å². The number of nitrogens with zero attached hydrogens (tertiary/aromatic N) is 3. The topological polar surface area (TPSA) is 74.5 Å². The molecule has 1 aromatic carbocycles.